The number of aliphatic hydroxyl groups is 1. The molecule has 0 radical (unpaired) electrons. The maximum Gasteiger partial charge on any atom is 0.416 e. The number of aliphatic hydroxyl groups excluding tert-OH is 1. The summed E-state index contributed by atoms with van der Waals surface area (Å²) in [6.45, 7) is 2.95. The third-order valence-corrected chi connectivity index (χ3v) is 6.70. The molecule has 0 bridgehead atoms. The van der Waals surface area contributed by atoms with Crippen molar-refractivity contribution in [3.05, 3.63) is 56.1 Å². The molecule has 2 amide bonds. The van der Waals surface area contributed by atoms with E-state index < -0.39 is 29.7 Å². The van der Waals surface area contributed by atoms with Crippen LogP contribution < -0.4 is 15.5 Å². The normalized spacial score (nSPS) is 16.5. The summed E-state index contributed by atoms with van der Waals surface area (Å²) in [5.41, 5.74) is -1.10. The lowest BCUT2D eigenvalue weighted by Gasteiger charge is -2.44. The highest BCUT2D eigenvalue weighted by molar-refractivity contribution is 7.09. The molecule has 4 N–H and O–H groups in total. The standard InChI is InChI=1S/C22H27F3N4O4S/c1-2-16(6-7-17(30)18-9-27-21(33)34-18)29-11-15(12-29)28-19(31)10-26-20(32)13-4-3-5-14(8-13)22(23,24)25/h3-5,8-9,15-17,30H,2,6-7,10-12H2,1H3,(H,26,32)(H,27,33)(H,28,31). The van der Waals surface area contributed by atoms with E-state index in [1.54, 1.807) is 0 Å². The van der Waals surface area contributed by atoms with Gasteiger partial charge in [-0.25, -0.2) is 0 Å². The number of carbonyl (C=O) groups is 2. The Morgan fingerprint density at radius 3 is 2.65 bits per heavy atom. The molecule has 1 aromatic carbocycles. The molecule has 2 atom stereocenters. The smallest absolute Gasteiger partial charge is 0.388 e. The minimum atomic E-state index is -4.55. The van der Waals surface area contributed by atoms with Gasteiger partial charge in [0, 0.05) is 30.9 Å². The van der Waals surface area contributed by atoms with Crippen LogP contribution in [-0.2, 0) is 11.0 Å². The van der Waals surface area contributed by atoms with Crippen LogP contribution in [0.2, 0.25) is 0 Å². The number of hydrogen-bond acceptors (Lipinski definition) is 6. The van der Waals surface area contributed by atoms with Crippen LogP contribution in [0.25, 0.3) is 0 Å². The van der Waals surface area contributed by atoms with Gasteiger partial charge in [0.25, 0.3) is 5.91 Å². The van der Waals surface area contributed by atoms with Crippen molar-refractivity contribution in [2.24, 2.45) is 0 Å². The van der Waals surface area contributed by atoms with Gasteiger partial charge in [-0.05, 0) is 37.5 Å². The molecule has 1 aliphatic heterocycles. The molecule has 0 aliphatic carbocycles. The van der Waals surface area contributed by atoms with Gasteiger partial charge in [-0.2, -0.15) is 13.2 Å². The highest BCUT2D eigenvalue weighted by Gasteiger charge is 2.33. The van der Waals surface area contributed by atoms with Crippen molar-refractivity contribution in [1.82, 2.24) is 20.5 Å². The highest BCUT2D eigenvalue weighted by atomic mass is 32.1. The fourth-order valence-corrected chi connectivity index (χ4v) is 4.58. The topological polar surface area (TPSA) is 115 Å². The number of carbonyl (C=O) groups excluding carboxylic acids is 2. The first kappa shape index (κ1) is 25.9. The van der Waals surface area contributed by atoms with Gasteiger partial charge in [0.1, 0.15) is 0 Å². The summed E-state index contributed by atoms with van der Waals surface area (Å²) in [5.74, 6) is -1.18. The third-order valence-electron chi connectivity index (χ3n) is 5.77. The average Bonchev–Trinajstić information content (AvgIpc) is 3.21. The minimum Gasteiger partial charge on any atom is -0.388 e. The first-order chi connectivity index (χ1) is 16.1. The Hall–Kier alpha value is -2.70. The molecule has 186 valence electrons. The van der Waals surface area contributed by atoms with Crippen LogP contribution in [0.5, 0.6) is 0 Å². The van der Waals surface area contributed by atoms with Crippen molar-refractivity contribution in [2.75, 3.05) is 19.6 Å². The predicted octanol–water partition coefficient (Wildman–Crippen LogP) is 2.28. The number of aromatic amines is 1. The molecule has 2 aromatic rings. The van der Waals surface area contributed by atoms with Gasteiger partial charge in [0.15, 0.2) is 0 Å². The maximum absolute atomic E-state index is 12.8. The zero-order chi connectivity index (χ0) is 24.9. The van der Waals surface area contributed by atoms with Gasteiger partial charge in [-0.3, -0.25) is 19.3 Å². The molecular weight excluding hydrogens is 473 g/mol. The Kier molecular flexibility index (Phi) is 8.50. The molecule has 1 saturated heterocycles. The number of rotatable bonds is 10. The van der Waals surface area contributed by atoms with Crippen LogP contribution in [0, 0.1) is 0 Å². The van der Waals surface area contributed by atoms with Crippen molar-refractivity contribution >= 4 is 23.2 Å². The quantitative estimate of drug-likeness (QED) is 0.400. The SMILES string of the molecule is CCC(CCC(O)c1c[nH]c(=O)s1)N1CC(NC(=O)CNC(=O)c2cccc(C(F)(F)F)c2)C1. The van der Waals surface area contributed by atoms with E-state index in [1.165, 1.54) is 12.3 Å². The van der Waals surface area contributed by atoms with E-state index in [2.05, 4.69) is 20.5 Å². The predicted molar refractivity (Wildman–Crippen MR) is 120 cm³/mol. The van der Waals surface area contributed by atoms with Crippen molar-refractivity contribution in [3.8, 4) is 0 Å². The van der Waals surface area contributed by atoms with E-state index in [4.69, 9.17) is 0 Å². The molecule has 12 heteroatoms. The molecule has 1 fully saturated rings. The number of thiazole rings is 1. The number of H-pyrrole nitrogens is 1. The fraction of sp³-hybridized carbons (Fsp3) is 0.500. The van der Waals surface area contributed by atoms with E-state index in [0.717, 1.165) is 42.4 Å². The van der Waals surface area contributed by atoms with Crippen LogP contribution in [0.4, 0.5) is 13.2 Å². The lowest BCUT2D eigenvalue weighted by atomic mass is 9.98. The first-order valence-corrected chi connectivity index (χ1v) is 11.7. The molecule has 1 aromatic heterocycles. The van der Waals surface area contributed by atoms with Crippen molar-refractivity contribution in [1.29, 1.82) is 0 Å². The second kappa shape index (κ2) is 11.2. The fourth-order valence-electron chi connectivity index (χ4n) is 3.88. The van der Waals surface area contributed by atoms with Crippen LogP contribution in [0.15, 0.2) is 35.3 Å². The van der Waals surface area contributed by atoms with Gasteiger partial charge in [0.2, 0.25) is 5.91 Å². The van der Waals surface area contributed by atoms with E-state index in [9.17, 15) is 32.7 Å². The Morgan fingerprint density at radius 2 is 2.03 bits per heavy atom. The summed E-state index contributed by atoms with van der Waals surface area (Å²) >= 11 is 0.995. The molecule has 1 aliphatic rings. The van der Waals surface area contributed by atoms with Crippen molar-refractivity contribution < 1.29 is 27.9 Å². The van der Waals surface area contributed by atoms with Crippen molar-refractivity contribution in [2.45, 2.75) is 50.6 Å². The Morgan fingerprint density at radius 1 is 1.29 bits per heavy atom. The second-order valence-corrected chi connectivity index (χ2v) is 9.26. The number of aromatic nitrogens is 1. The van der Waals surface area contributed by atoms with Gasteiger partial charge in [-0.15, -0.1) is 0 Å². The number of nitrogens with one attached hydrogen (secondary N) is 3. The van der Waals surface area contributed by atoms with Gasteiger partial charge in [-0.1, -0.05) is 24.3 Å². The van der Waals surface area contributed by atoms with Crippen LogP contribution in [0.1, 0.15) is 53.1 Å². The molecule has 0 spiro atoms. The molecule has 2 heterocycles. The van der Waals surface area contributed by atoms with Crippen LogP contribution >= 0.6 is 11.3 Å². The average molecular weight is 501 g/mol. The summed E-state index contributed by atoms with van der Waals surface area (Å²) in [7, 11) is 0. The number of alkyl halides is 3. The van der Waals surface area contributed by atoms with E-state index in [0.29, 0.717) is 24.4 Å². The van der Waals surface area contributed by atoms with E-state index in [-0.39, 0.29) is 29.1 Å². The van der Waals surface area contributed by atoms with Crippen LogP contribution in [0.3, 0.4) is 0 Å². The number of benzene rings is 1. The highest BCUT2D eigenvalue weighted by Crippen LogP contribution is 2.29. The van der Waals surface area contributed by atoms with Gasteiger partial charge < -0.3 is 20.7 Å². The summed E-state index contributed by atoms with van der Waals surface area (Å²) in [4.78, 5) is 40.6. The largest absolute Gasteiger partial charge is 0.416 e. The number of likely N-dealkylation sites (tertiary alicyclic amines) is 1. The van der Waals surface area contributed by atoms with Crippen molar-refractivity contribution in [3.63, 3.8) is 0 Å². The lowest BCUT2D eigenvalue weighted by Crippen LogP contribution is -2.62. The number of nitrogens with zero attached hydrogens (tertiary/aromatic N) is 1. The molecule has 2 unspecified atom stereocenters. The molecule has 0 saturated carbocycles. The zero-order valence-corrected chi connectivity index (χ0v) is 19.3. The molecule has 8 nitrogen and oxygen atoms in total. The molecule has 34 heavy (non-hydrogen) atoms. The van der Waals surface area contributed by atoms with Crippen LogP contribution in [-0.4, -0.2) is 58.5 Å². The minimum absolute atomic E-state index is 0.0909. The molecular formula is C22H27F3N4O4S. The van der Waals surface area contributed by atoms with E-state index >= 15 is 0 Å². The summed E-state index contributed by atoms with van der Waals surface area (Å²) in [6.07, 6.45) is -1.61. The second-order valence-electron chi connectivity index (χ2n) is 8.22. The lowest BCUT2D eigenvalue weighted by molar-refractivity contribution is -0.137. The Labute approximate surface area is 198 Å². The zero-order valence-electron chi connectivity index (χ0n) is 18.5. The third kappa shape index (κ3) is 6.90. The van der Waals surface area contributed by atoms with Gasteiger partial charge in [0.05, 0.1) is 29.1 Å². The summed E-state index contributed by atoms with van der Waals surface area (Å²) in [6, 6.07) is 4.15. The number of hydrogen-bond donors (Lipinski definition) is 4. The first-order valence-electron chi connectivity index (χ1n) is 10.9. The number of amides is 2. The number of halogens is 3. The maximum atomic E-state index is 12.8. The summed E-state index contributed by atoms with van der Waals surface area (Å²) in [5, 5.41) is 15.4. The summed E-state index contributed by atoms with van der Waals surface area (Å²) < 4.78 is 38.4. The Balaban J connectivity index is 1.38. The van der Waals surface area contributed by atoms with Gasteiger partial charge >= 0.3 is 11.0 Å². The Bertz CT molecular complexity index is 1050. The van der Waals surface area contributed by atoms with E-state index in [1.807, 2.05) is 6.92 Å². The monoisotopic (exact) mass is 500 g/mol. The molecule has 3 rings (SSSR count).